The highest BCUT2D eigenvalue weighted by molar-refractivity contribution is 9.09. The Bertz CT molecular complexity index is 423. The fourth-order valence-corrected chi connectivity index (χ4v) is 2.91. The summed E-state index contributed by atoms with van der Waals surface area (Å²) < 4.78 is 1.63. The molecule has 0 bridgehead atoms. The normalized spacial score (nSPS) is 16.9. The molecule has 1 aliphatic carbocycles. The number of halogens is 1. The lowest BCUT2D eigenvalue weighted by molar-refractivity contribution is 0.0935. The predicted molar refractivity (Wildman–Crippen MR) is 70.4 cm³/mol. The lowest BCUT2D eigenvalue weighted by Crippen LogP contribution is -2.31. The van der Waals surface area contributed by atoms with Crippen LogP contribution in [0.5, 0.6) is 0 Å². The van der Waals surface area contributed by atoms with Gasteiger partial charge in [0.2, 0.25) is 0 Å². The maximum atomic E-state index is 12.0. The molecule has 4 nitrogen and oxygen atoms in total. The van der Waals surface area contributed by atoms with Gasteiger partial charge in [-0.2, -0.15) is 5.10 Å². The third-order valence-corrected chi connectivity index (χ3v) is 3.84. The fraction of sp³-hybridized carbons (Fsp3) is 0.667. The van der Waals surface area contributed by atoms with E-state index in [1.54, 1.807) is 11.7 Å². The highest BCUT2D eigenvalue weighted by atomic mass is 79.9. The third-order valence-electron chi connectivity index (χ3n) is 3.44. The van der Waals surface area contributed by atoms with Gasteiger partial charge in [-0.05, 0) is 37.7 Å². The van der Waals surface area contributed by atoms with E-state index < -0.39 is 0 Å². The maximum Gasteiger partial charge on any atom is 0.269 e. The van der Waals surface area contributed by atoms with Crippen molar-refractivity contribution in [2.24, 2.45) is 12.5 Å². The standard InChI is InChI=1S/C12H18BrN3O/c1-9-7-10(16(2)15-9)11(17)14-8-12(3-4-12)5-6-13/h7H,3-6,8H2,1-2H3,(H,14,17). The summed E-state index contributed by atoms with van der Waals surface area (Å²) in [6, 6.07) is 1.82. The number of aromatic nitrogens is 2. The van der Waals surface area contributed by atoms with Gasteiger partial charge in [0.1, 0.15) is 5.69 Å². The Morgan fingerprint density at radius 1 is 1.65 bits per heavy atom. The van der Waals surface area contributed by atoms with Crippen molar-refractivity contribution in [3.63, 3.8) is 0 Å². The molecular weight excluding hydrogens is 282 g/mol. The lowest BCUT2D eigenvalue weighted by Gasteiger charge is -2.14. The van der Waals surface area contributed by atoms with Gasteiger partial charge in [-0.3, -0.25) is 9.48 Å². The predicted octanol–water partition coefficient (Wildman–Crippen LogP) is 2.02. The van der Waals surface area contributed by atoms with Crippen LogP contribution in [0.2, 0.25) is 0 Å². The Morgan fingerprint density at radius 3 is 2.82 bits per heavy atom. The zero-order valence-corrected chi connectivity index (χ0v) is 11.9. The van der Waals surface area contributed by atoms with Crippen LogP contribution in [0.3, 0.4) is 0 Å². The number of nitrogens with one attached hydrogen (secondary N) is 1. The van der Waals surface area contributed by atoms with Crippen LogP contribution in [0.1, 0.15) is 35.4 Å². The summed E-state index contributed by atoms with van der Waals surface area (Å²) in [4.78, 5) is 12.0. The Labute approximate surface area is 110 Å². The van der Waals surface area contributed by atoms with E-state index in [9.17, 15) is 4.79 Å². The van der Waals surface area contributed by atoms with E-state index in [0.29, 0.717) is 11.1 Å². The molecule has 1 aliphatic rings. The second-order valence-electron chi connectivity index (χ2n) is 4.92. The van der Waals surface area contributed by atoms with Gasteiger partial charge in [-0.1, -0.05) is 15.9 Å². The first-order valence-corrected chi connectivity index (χ1v) is 7.03. The van der Waals surface area contributed by atoms with E-state index in [1.807, 2.05) is 13.0 Å². The molecule has 0 spiro atoms. The van der Waals surface area contributed by atoms with E-state index in [4.69, 9.17) is 0 Å². The van der Waals surface area contributed by atoms with Gasteiger partial charge in [0.15, 0.2) is 0 Å². The van der Waals surface area contributed by atoms with Gasteiger partial charge in [0.25, 0.3) is 5.91 Å². The van der Waals surface area contributed by atoms with E-state index in [2.05, 4.69) is 26.3 Å². The maximum absolute atomic E-state index is 12.0. The Hall–Kier alpha value is -0.840. The van der Waals surface area contributed by atoms with Crippen LogP contribution < -0.4 is 5.32 Å². The number of aryl methyl sites for hydroxylation is 2. The molecule has 0 unspecified atom stereocenters. The first-order chi connectivity index (χ1) is 8.06. The van der Waals surface area contributed by atoms with Crippen molar-refractivity contribution in [1.82, 2.24) is 15.1 Å². The largest absolute Gasteiger partial charge is 0.350 e. The van der Waals surface area contributed by atoms with Crippen LogP contribution >= 0.6 is 15.9 Å². The minimum Gasteiger partial charge on any atom is -0.350 e. The zero-order valence-electron chi connectivity index (χ0n) is 10.3. The molecule has 1 N–H and O–H groups in total. The number of alkyl halides is 1. The average Bonchev–Trinajstić information content (AvgIpc) is 2.95. The molecule has 2 rings (SSSR count). The number of carbonyl (C=O) groups is 1. The van der Waals surface area contributed by atoms with Crippen molar-refractivity contribution in [1.29, 1.82) is 0 Å². The quantitative estimate of drug-likeness (QED) is 0.846. The van der Waals surface area contributed by atoms with Crippen LogP contribution in [0.25, 0.3) is 0 Å². The van der Waals surface area contributed by atoms with Crippen LogP contribution in [0.4, 0.5) is 0 Å². The average molecular weight is 300 g/mol. The molecule has 0 radical (unpaired) electrons. The first kappa shape index (κ1) is 12.6. The number of rotatable bonds is 5. The monoisotopic (exact) mass is 299 g/mol. The number of carbonyl (C=O) groups excluding carboxylic acids is 1. The number of hydrogen-bond donors (Lipinski definition) is 1. The molecule has 1 heterocycles. The topological polar surface area (TPSA) is 46.9 Å². The highest BCUT2D eigenvalue weighted by Crippen LogP contribution is 2.48. The molecule has 0 atom stereocenters. The molecule has 1 fully saturated rings. The van der Waals surface area contributed by atoms with Crippen molar-refractivity contribution in [2.45, 2.75) is 26.2 Å². The molecule has 1 aromatic rings. The summed E-state index contributed by atoms with van der Waals surface area (Å²) in [7, 11) is 1.80. The summed E-state index contributed by atoms with van der Waals surface area (Å²) in [5.41, 5.74) is 1.86. The van der Waals surface area contributed by atoms with Gasteiger partial charge < -0.3 is 5.32 Å². The van der Waals surface area contributed by atoms with Crippen molar-refractivity contribution in [3.8, 4) is 0 Å². The van der Waals surface area contributed by atoms with Crippen LogP contribution in [-0.2, 0) is 7.05 Å². The Kier molecular flexibility index (Phi) is 3.56. The molecule has 94 valence electrons. The molecule has 0 aliphatic heterocycles. The summed E-state index contributed by atoms with van der Waals surface area (Å²) in [6.45, 7) is 2.67. The van der Waals surface area contributed by atoms with Crippen LogP contribution in [0, 0.1) is 12.3 Å². The van der Waals surface area contributed by atoms with Gasteiger partial charge in [0, 0.05) is 18.9 Å². The molecule has 0 aromatic carbocycles. The smallest absolute Gasteiger partial charge is 0.269 e. The summed E-state index contributed by atoms with van der Waals surface area (Å²) in [6.07, 6.45) is 3.59. The van der Waals surface area contributed by atoms with Crippen molar-refractivity contribution < 1.29 is 4.79 Å². The number of hydrogen-bond acceptors (Lipinski definition) is 2. The molecule has 0 saturated heterocycles. The zero-order chi connectivity index (χ0) is 12.5. The number of nitrogens with zero attached hydrogens (tertiary/aromatic N) is 2. The summed E-state index contributed by atoms with van der Waals surface area (Å²) in [5, 5.41) is 8.20. The van der Waals surface area contributed by atoms with E-state index in [-0.39, 0.29) is 5.91 Å². The van der Waals surface area contributed by atoms with Gasteiger partial charge in [-0.15, -0.1) is 0 Å². The SMILES string of the molecule is Cc1cc(C(=O)NCC2(CCBr)CC2)n(C)n1. The van der Waals surface area contributed by atoms with Crippen LogP contribution in [-0.4, -0.2) is 27.6 Å². The van der Waals surface area contributed by atoms with E-state index in [0.717, 1.165) is 24.0 Å². The highest BCUT2D eigenvalue weighted by Gasteiger charge is 2.41. The van der Waals surface area contributed by atoms with Crippen molar-refractivity contribution >= 4 is 21.8 Å². The van der Waals surface area contributed by atoms with E-state index in [1.165, 1.54) is 12.8 Å². The van der Waals surface area contributed by atoms with Crippen molar-refractivity contribution in [3.05, 3.63) is 17.5 Å². The molecule has 1 aromatic heterocycles. The van der Waals surface area contributed by atoms with Gasteiger partial charge in [0.05, 0.1) is 5.69 Å². The molecule has 1 amide bonds. The molecule has 5 heteroatoms. The molecular formula is C12H18BrN3O. The van der Waals surface area contributed by atoms with Gasteiger partial charge in [-0.25, -0.2) is 0 Å². The fourth-order valence-electron chi connectivity index (χ4n) is 2.07. The minimum absolute atomic E-state index is 0.0195. The Balaban J connectivity index is 1.92. The first-order valence-electron chi connectivity index (χ1n) is 5.91. The second-order valence-corrected chi connectivity index (χ2v) is 5.71. The minimum atomic E-state index is -0.0195. The van der Waals surface area contributed by atoms with E-state index >= 15 is 0 Å². The van der Waals surface area contributed by atoms with Gasteiger partial charge >= 0.3 is 0 Å². The number of amides is 1. The summed E-state index contributed by atoms with van der Waals surface area (Å²) in [5.74, 6) is -0.0195. The second kappa shape index (κ2) is 4.80. The third kappa shape index (κ3) is 2.89. The summed E-state index contributed by atoms with van der Waals surface area (Å²) >= 11 is 3.47. The van der Waals surface area contributed by atoms with Crippen molar-refractivity contribution in [2.75, 3.05) is 11.9 Å². The molecule has 1 saturated carbocycles. The lowest BCUT2D eigenvalue weighted by atomic mass is 10.0. The Morgan fingerprint density at radius 2 is 2.35 bits per heavy atom. The molecule has 17 heavy (non-hydrogen) atoms. The van der Waals surface area contributed by atoms with Crippen LogP contribution in [0.15, 0.2) is 6.07 Å².